The second-order valence-electron chi connectivity index (χ2n) is 4.93. The van der Waals surface area contributed by atoms with Crippen LogP contribution < -0.4 is 11.1 Å². The summed E-state index contributed by atoms with van der Waals surface area (Å²) in [5, 5.41) is 3.29. The van der Waals surface area contributed by atoms with Crippen LogP contribution in [-0.4, -0.2) is 5.78 Å². The fourth-order valence-electron chi connectivity index (χ4n) is 2.17. The Morgan fingerprint density at radius 1 is 1.10 bits per heavy atom. The second kappa shape index (κ2) is 6.24. The van der Waals surface area contributed by atoms with E-state index < -0.39 is 0 Å². The van der Waals surface area contributed by atoms with Gasteiger partial charge in [0.25, 0.3) is 0 Å². The van der Waals surface area contributed by atoms with Crippen LogP contribution in [0.15, 0.2) is 42.5 Å². The van der Waals surface area contributed by atoms with Crippen molar-refractivity contribution >= 4 is 22.8 Å². The average Bonchev–Trinajstić information content (AvgIpc) is 2.41. The van der Waals surface area contributed by atoms with Gasteiger partial charge >= 0.3 is 0 Å². The Bertz CT molecular complexity index is 603. The van der Waals surface area contributed by atoms with E-state index in [0.29, 0.717) is 11.3 Å². The molecule has 104 valence electrons. The molecule has 0 amide bonds. The second-order valence-corrected chi connectivity index (χ2v) is 4.93. The topological polar surface area (TPSA) is 55.1 Å². The zero-order chi connectivity index (χ0) is 14.5. The number of rotatable bonds is 5. The Balaban J connectivity index is 2.13. The molecule has 3 heteroatoms. The molecule has 0 aliphatic heterocycles. The fraction of sp³-hybridized carbons (Fsp3) is 0.235. The van der Waals surface area contributed by atoms with E-state index >= 15 is 0 Å². The highest BCUT2D eigenvalue weighted by Gasteiger charge is 2.05. The maximum atomic E-state index is 11.3. The molecule has 0 atom stereocenters. The largest absolute Gasteiger partial charge is 0.398 e. The Hall–Kier alpha value is -2.29. The number of nitrogens with one attached hydrogen (secondary N) is 1. The number of nitrogen functional groups attached to an aromatic ring is 1. The highest BCUT2D eigenvalue weighted by atomic mass is 16.1. The highest BCUT2D eigenvalue weighted by Crippen LogP contribution is 2.22. The van der Waals surface area contributed by atoms with E-state index in [0.717, 1.165) is 24.2 Å². The minimum atomic E-state index is -0.0158. The molecule has 3 N–H and O–H groups in total. The summed E-state index contributed by atoms with van der Waals surface area (Å²) in [4.78, 5) is 11.3. The summed E-state index contributed by atoms with van der Waals surface area (Å²) in [5.74, 6) is -0.0158. The Morgan fingerprint density at radius 3 is 2.30 bits per heavy atom. The van der Waals surface area contributed by atoms with Gasteiger partial charge in [0.05, 0.1) is 0 Å². The summed E-state index contributed by atoms with van der Waals surface area (Å²) in [6.45, 7) is 3.69. The van der Waals surface area contributed by atoms with Gasteiger partial charge in [-0.15, -0.1) is 0 Å². The number of carbonyl (C=O) groups is 1. The summed E-state index contributed by atoms with van der Waals surface area (Å²) in [6.07, 6.45) is 2.25. The third kappa shape index (κ3) is 3.38. The van der Waals surface area contributed by atoms with Crippen LogP contribution in [0.2, 0.25) is 0 Å². The van der Waals surface area contributed by atoms with Crippen molar-refractivity contribution in [2.24, 2.45) is 0 Å². The summed E-state index contributed by atoms with van der Waals surface area (Å²) in [5.41, 5.74) is 10.2. The van der Waals surface area contributed by atoms with Gasteiger partial charge in [-0.05, 0) is 49.2 Å². The van der Waals surface area contributed by atoms with Gasteiger partial charge in [0.15, 0.2) is 5.78 Å². The molecule has 0 aliphatic rings. The molecular weight excluding hydrogens is 248 g/mol. The third-order valence-corrected chi connectivity index (χ3v) is 3.21. The lowest BCUT2D eigenvalue weighted by Crippen LogP contribution is -2.00. The molecule has 2 aromatic carbocycles. The highest BCUT2D eigenvalue weighted by molar-refractivity contribution is 5.99. The number of hydrogen-bond acceptors (Lipinski definition) is 3. The van der Waals surface area contributed by atoms with Gasteiger partial charge in [-0.25, -0.2) is 0 Å². The van der Waals surface area contributed by atoms with Gasteiger partial charge in [-0.1, -0.05) is 25.5 Å². The molecule has 0 radical (unpaired) electrons. The first-order chi connectivity index (χ1) is 9.60. The van der Waals surface area contributed by atoms with E-state index in [1.54, 1.807) is 12.1 Å². The minimum Gasteiger partial charge on any atom is -0.398 e. The third-order valence-electron chi connectivity index (χ3n) is 3.21. The lowest BCUT2D eigenvalue weighted by Gasteiger charge is -2.10. The zero-order valence-electron chi connectivity index (χ0n) is 11.9. The van der Waals surface area contributed by atoms with Crippen molar-refractivity contribution in [3.8, 4) is 0 Å². The van der Waals surface area contributed by atoms with Crippen LogP contribution in [0.25, 0.3) is 0 Å². The van der Waals surface area contributed by atoms with Crippen molar-refractivity contribution in [1.29, 1.82) is 0 Å². The van der Waals surface area contributed by atoms with Crippen LogP contribution in [0.3, 0.4) is 0 Å². The van der Waals surface area contributed by atoms with E-state index in [1.807, 2.05) is 6.07 Å². The van der Waals surface area contributed by atoms with Gasteiger partial charge in [0.2, 0.25) is 0 Å². The lowest BCUT2D eigenvalue weighted by atomic mass is 10.1. The maximum Gasteiger partial charge on any atom is 0.161 e. The van der Waals surface area contributed by atoms with Gasteiger partial charge < -0.3 is 11.1 Å². The van der Waals surface area contributed by atoms with Crippen molar-refractivity contribution in [2.75, 3.05) is 11.1 Å². The Labute approximate surface area is 119 Å². The number of benzene rings is 2. The predicted octanol–water partition coefficient (Wildman–Crippen LogP) is 4.17. The molecule has 2 rings (SSSR count). The molecule has 0 heterocycles. The number of Topliss-reactive ketones (excluding diaryl/α,β-unsaturated/α-hetero) is 1. The predicted molar refractivity (Wildman–Crippen MR) is 84.6 cm³/mol. The van der Waals surface area contributed by atoms with Crippen molar-refractivity contribution in [3.05, 3.63) is 53.6 Å². The van der Waals surface area contributed by atoms with E-state index in [4.69, 9.17) is 5.73 Å². The first-order valence-electron chi connectivity index (χ1n) is 6.86. The molecule has 2 aromatic rings. The number of anilines is 3. The van der Waals surface area contributed by atoms with Crippen LogP contribution in [0, 0.1) is 0 Å². The molecule has 0 bridgehead atoms. The van der Waals surface area contributed by atoms with Crippen LogP contribution in [0.5, 0.6) is 0 Å². The summed E-state index contributed by atoms with van der Waals surface area (Å²) < 4.78 is 0. The molecule has 0 spiro atoms. The number of aryl methyl sites for hydroxylation is 1. The molecule has 0 fully saturated rings. The fourth-order valence-corrected chi connectivity index (χ4v) is 2.17. The maximum absolute atomic E-state index is 11.3. The van der Waals surface area contributed by atoms with E-state index in [9.17, 15) is 4.79 Å². The molecule has 0 unspecified atom stereocenters. The molecule has 3 nitrogen and oxygen atoms in total. The first-order valence-corrected chi connectivity index (χ1v) is 6.86. The van der Waals surface area contributed by atoms with Crippen molar-refractivity contribution in [3.63, 3.8) is 0 Å². The van der Waals surface area contributed by atoms with E-state index in [2.05, 4.69) is 36.5 Å². The van der Waals surface area contributed by atoms with Gasteiger partial charge in [0, 0.05) is 22.6 Å². The summed E-state index contributed by atoms with van der Waals surface area (Å²) in [6, 6.07) is 13.8. The van der Waals surface area contributed by atoms with Gasteiger partial charge in [-0.3, -0.25) is 4.79 Å². The minimum absolute atomic E-state index is 0.0158. The van der Waals surface area contributed by atoms with Gasteiger partial charge in [0.1, 0.15) is 0 Å². The normalized spacial score (nSPS) is 10.3. The lowest BCUT2D eigenvalue weighted by molar-refractivity contribution is 0.101. The molecule has 0 saturated carbocycles. The molecular formula is C17H20N2O. The first kappa shape index (κ1) is 14.1. The summed E-state index contributed by atoms with van der Waals surface area (Å²) in [7, 11) is 0. The standard InChI is InChI=1S/C17H20N2O/c1-3-4-13-5-7-14(8-6-13)19-15-9-10-16(12(2)20)17(18)11-15/h5-11,19H,3-4,18H2,1-2H3. The van der Waals surface area contributed by atoms with Crippen molar-refractivity contribution in [2.45, 2.75) is 26.7 Å². The SMILES string of the molecule is CCCc1ccc(Nc2ccc(C(C)=O)c(N)c2)cc1. The van der Waals surface area contributed by atoms with Crippen LogP contribution in [0.4, 0.5) is 17.1 Å². The Kier molecular flexibility index (Phi) is 4.41. The average molecular weight is 268 g/mol. The number of ketones is 1. The number of carbonyl (C=O) groups excluding carboxylic acids is 1. The Morgan fingerprint density at radius 2 is 1.75 bits per heavy atom. The smallest absolute Gasteiger partial charge is 0.161 e. The van der Waals surface area contributed by atoms with E-state index in [1.165, 1.54) is 12.5 Å². The number of nitrogens with two attached hydrogens (primary N) is 1. The van der Waals surface area contributed by atoms with Crippen LogP contribution in [-0.2, 0) is 6.42 Å². The van der Waals surface area contributed by atoms with Gasteiger partial charge in [-0.2, -0.15) is 0 Å². The van der Waals surface area contributed by atoms with Crippen molar-refractivity contribution < 1.29 is 4.79 Å². The van der Waals surface area contributed by atoms with Crippen LogP contribution in [0.1, 0.15) is 36.2 Å². The number of hydrogen-bond donors (Lipinski definition) is 2. The molecule has 20 heavy (non-hydrogen) atoms. The molecule has 0 aliphatic carbocycles. The van der Waals surface area contributed by atoms with E-state index in [-0.39, 0.29) is 5.78 Å². The monoisotopic (exact) mass is 268 g/mol. The molecule has 0 aromatic heterocycles. The quantitative estimate of drug-likeness (QED) is 0.632. The van der Waals surface area contributed by atoms with Crippen molar-refractivity contribution in [1.82, 2.24) is 0 Å². The summed E-state index contributed by atoms with van der Waals surface area (Å²) >= 11 is 0. The van der Waals surface area contributed by atoms with Crippen LogP contribution >= 0.6 is 0 Å². The molecule has 0 saturated heterocycles. The zero-order valence-corrected chi connectivity index (χ0v) is 11.9.